The Morgan fingerprint density at radius 2 is 2.29 bits per heavy atom. The third-order valence-electron chi connectivity index (χ3n) is 2.19. The van der Waals surface area contributed by atoms with Crippen molar-refractivity contribution in [3.05, 3.63) is 0 Å². The molecule has 1 unspecified atom stereocenters. The zero-order valence-corrected chi connectivity index (χ0v) is 8.75. The second kappa shape index (κ2) is 4.24. The number of rotatable bonds is 3. The van der Waals surface area contributed by atoms with Crippen LogP contribution in [0.3, 0.4) is 0 Å². The van der Waals surface area contributed by atoms with E-state index < -0.39 is 22.0 Å². The van der Waals surface area contributed by atoms with E-state index in [0.29, 0.717) is 13.1 Å². The molecule has 0 saturated carbocycles. The molecule has 1 aliphatic heterocycles. The summed E-state index contributed by atoms with van der Waals surface area (Å²) in [5, 5.41) is 11.4. The summed E-state index contributed by atoms with van der Waals surface area (Å²) in [6.45, 7) is 2.30. The molecule has 1 fully saturated rings. The van der Waals surface area contributed by atoms with Gasteiger partial charge in [-0.15, -0.1) is 0 Å². The van der Waals surface area contributed by atoms with Crippen LogP contribution in [-0.2, 0) is 14.8 Å². The largest absolute Gasteiger partial charge is 0.480 e. The molecule has 1 aliphatic rings. The molecule has 14 heavy (non-hydrogen) atoms. The van der Waals surface area contributed by atoms with Gasteiger partial charge < -0.3 is 10.4 Å². The lowest BCUT2D eigenvalue weighted by atomic mass is 10.2. The Kier molecular flexibility index (Phi) is 3.46. The molecule has 0 spiro atoms. The molecule has 0 bridgehead atoms. The van der Waals surface area contributed by atoms with Crippen LogP contribution in [0.15, 0.2) is 0 Å². The summed E-state index contributed by atoms with van der Waals surface area (Å²) >= 11 is 0. The van der Waals surface area contributed by atoms with Crippen LogP contribution in [0.5, 0.6) is 0 Å². The third-order valence-corrected chi connectivity index (χ3v) is 4.04. The molecule has 82 valence electrons. The number of carbonyl (C=O) groups is 1. The van der Waals surface area contributed by atoms with Crippen LogP contribution in [0.25, 0.3) is 0 Å². The zero-order chi connectivity index (χ0) is 10.8. The van der Waals surface area contributed by atoms with E-state index >= 15 is 0 Å². The molecule has 2 N–H and O–H groups in total. The molecular weight excluding hydrogens is 208 g/mol. The maximum atomic E-state index is 11.4. The number of sulfonamides is 1. The van der Waals surface area contributed by atoms with Gasteiger partial charge in [-0.1, -0.05) is 0 Å². The lowest BCUT2D eigenvalue weighted by Crippen LogP contribution is -2.55. The third kappa shape index (κ3) is 2.43. The van der Waals surface area contributed by atoms with Crippen LogP contribution < -0.4 is 5.32 Å². The first-order valence-electron chi connectivity index (χ1n) is 4.41. The number of hydrogen-bond acceptors (Lipinski definition) is 4. The highest BCUT2D eigenvalue weighted by Gasteiger charge is 2.30. The fraction of sp³-hybridized carbons (Fsp3) is 0.857. The first-order valence-corrected chi connectivity index (χ1v) is 6.02. The molecule has 0 radical (unpaired) electrons. The molecule has 1 heterocycles. The monoisotopic (exact) mass is 222 g/mol. The van der Waals surface area contributed by atoms with Crippen molar-refractivity contribution in [1.82, 2.24) is 9.62 Å². The van der Waals surface area contributed by atoms with E-state index in [1.807, 2.05) is 0 Å². The number of aliphatic carboxylic acids is 1. The van der Waals surface area contributed by atoms with Crippen molar-refractivity contribution in [2.24, 2.45) is 0 Å². The normalized spacial score (nSPS) is 24.8. The Labute approximate surface area is 82.9 Å². The van der Waals surface area contributed by atoms with Crippen molar-refractivity contribution >= 4 is 16.0 Å². The smallest absolute Gasteiger partial charge is 0.322 e. The molecule has 0 aromatic heterocycles. The van der Waals surface area contributed by atoms with Crippen molar-refractivity contribution in [1.29, 1.82) is 0 Å². The maximum absolute atomic E-state index is 11.4. The molecule has 1 rings (SSSR count). The molecule has 0 amide bonds. The number of nitrogens with one attached hydrogen (secondary N) is 1. The highest BCUT2D eigenvalue weighted by molar-refractivity contribution is 7.89. The lowest BCUT2D eigenvalue weighted by molar-refractivity contribution is -0.140. The van der Waals surface area contributed by atoms with Crippen molar-refractivity contribution in [2.75, 3.05) is 25.4 Å². The standard InChI is InChI=1S/C7H14N2O4S/c1-2-14(12,13)9-4-3-8-6(5-9)7(10)11/h6,8H,2-5H2,1H3,(H,10,11). The van der Waals surface area contributed by atoms with Crippen molar-refractivity contribution in [3.63, 3.8) is 0 Å². The first kappa shape index (κ1) is 11.4. The number of carboxylic acid groups (broad SMARTS) is 1. The average molecular weight is 222 g/mol. The van der Waals surface area contributed by atoms with Gasteiger partial charge in [0.1, 0.15) is 6.04 Å². The molecule has 0 aliphatic carbocycles. The molecule has 0 aromatic rings. The van der Waals surface area contributed by atoms with Gasteiger partial charge in [-0.05, 0) is 6.92 Å². The summed E-state index contributed by atoms with van der Waals surface area (Å²) in [6.07, 6.45) is 0. The summed E-state index contributed by atoms with van der Waals surface area (Å²) in [4.78, 5) is 10.6. The Balaban J connectivity index is 2.70. The van der Waals surface area contributed by atoms with Crippen LogP contribution in [0.2, 0.25) is 0 Å². The fourth-order valence-electron chi connectivity index (χ4n) is 1.32. The van der Waals surface area contributed by atoms with Gasteiger partial charge in [-0.2, -0.15) is 4.31 Å². The van der Waals surface area contributed by atoms with Crippen LogP contribution >= 0.6 is 0 Å². The van der Waals surface area contributed by atoms with Gasteiger partial charge in [-0.3, -0.25) is 4.79 Å². The van der Waals surface area contributed by atoms with Gasteiger partial charge >= 0.3 is 5.97 Å². The minimum absolute atomic E-state index is 0.0132. The fourth-order valence-corrected chi connectivity index (χ4v) is 2.43. The first-order chi connectivity index (χ1) is 6.47. The molecule has 0 aromatic carbocycles. The van der Waals surface area contributed by atoms with E-state index in [0.717, 1.165) is 0 Å². The van der Waals surface area contributed by atoms with Crippen molar-refractivity contribution in [2.45, 2.75) is 13.0 Å². The summed E-state index contributed by atoms with van der Waals surface area (Å²) in [5.41, 5.74) is 0. The minimum Gasteiger partial charge on any atom is -0.480 e. The van der Waals surface area contributed by atoms with E-state index in [1.54, 1.807) is 6.92 Å². The van der Waals surface area contributed by atoms with Crippen molar-refractivity contribution < 1.29 is 18.3 Å². The summed E-state index contributed by atoms with van der Waals surface area (Å²) in [5.74, 6) is -1.000. The van der Waals surface area contributed by atoms with Gasteiger partial charge in [0, 0.05) is 19.6 Å². The van der Waals surface area contributed by atoms with E-state index in [1.165, 1.54) is 4.31 Å². The van der Waals surface area contributed by atoms with Gasteiger partial charge in [-0.25, -0.2) is 8.42 Å². The van der Waals surface area contributed by atoms with E-state index in [4.69, 9.17) is 5.11 Å². The number of carboxylic acids is 1. The number of hydrogen-bond donors (Lipinski definition) is 2. The molecule has 1 saturated heterocycles. The van der Waals surface area contributed by atoms with E-state index in [2.05, 4.69) is 5.32 Å². The Morgan fingerprint density at radius 1 is 1.64 bits per heavy atom. The molecule has 6 nitrogen and oxygen atoms in total. The van der Waals surface area contributed by atoms with Gasteiger partial charge in [0.05, 0.1) is 5.75 Å². The zero-order valence-electron chi connectivity index (χ0n) is 7.93. The summed E-state index contributed by atoms with van der Waals surface area (Å²) in [7, 11) is -3.26. The minimum atomic E-state index is -3.26. The van der Waals surface area contributed by atoms with Gasteiger partial charge in [0.25, 0.3) is 0 Å². The summed E-state index contributed by atoms with van der Waals surface area (Å²) < 4.78 is 24.1. The molecule has 7 heteroatoms. The lowest BCUT2D eigenvalue weighted by Gasteiger charge is -2.30. The Morgan fingerprint density at radius 3 is 2.79 bits per heavy atom. The van der Waals surface area contributed by atoms with Gasteiger partial charge in [0.15, 0.2) is 0 Å². The SMILES string of the molecule is CCS(=O)(=O)N1CCNC(C(=O)O)C1. The van der Waals surface area contributed by atoms with E-state index in [9.17, 15) is 13.2 Å². The van der Waals surface area contributed by atoms with Crippen molar-refractivity contribution in [3.8, 4) is 0 Å². The predicted octanol–water partition coefficient (Wildman–Crippen LogP) is -1.31. The second-order valence-electron chi connectivity index (χ2n) is 3.10. The van der Waals surface area contributed by atoms with Crippen LogP contribution in [0.4, 0.5) is 0 Å². The van der Waals surface area contributed by atoms with E-state index in [-0.39, 0.29) is 12.3 Å². The predicted molar refractivity (Wildman–Crippen MR) is 50.5 cm³/mol. The van der Waals surface area contributed by atoms with Crippen LogP contribution in [0.1, 0.15) is 6.92 Å². The Hall–Kier alpha value is -0.660. The average Bonchev–Trinajstić information content (AvgIpc) is 2.18. The molecule has 1 atom stereocenters. The van der Waals surface area contributed by atoms with Crippen LogP contribution in [-0.4, -0.2) is 55.2 Å². The quantitative estimate of drug-likeness (QED) is 0.619. The Bertz CT molecular complexity index is 314. The van der Waals surface area contributed by atoms with Gasteiger partial charge in [0.2, 0.25) is 10.0 Å². The van der Waals surface area contributed by atoms with Crippen LogP contribution in [0, 0.1) is 0 Å². The molecular formula is C7H14N2O4S. The number of nitrogens with zero attached hydrogens (tertiary/aromatic N) is 1. The topological polar surface area (TPSA) is 86.7 Å². The highest BCUT2D eigenvalue weighted by atomic mass is 32.2. The number of piperazine rings is 1. The summed E-state index contributed by atoms with van der Waals surface area (Å²) in [6, 6.07) is -0.787. The highest BCUT2D eigenvalue weighted by Crippen LogP contribution is 2.06. The second-order valence-corrected chi connectivity index (χ2v) is 5.36. The maximum Gasteiger partial charge on any atom is 0.322 e.